The largest absolute Gasteiger partial charge is 0.405 e. The van der Waals surface area contributed by atoms with Crippen LogP contribution in [0.3, 0.4) is 0 Å². The lowest BCUT2D eigenvalue weighted by Crippen LogP contribution is -2.67. The van der Waals surface area contributed by atoms with Crippen molar-refractivity contribution in [1.82, 2.24) is 0 Å². The van der Waals surface area contributed by atoms with Gasteiger partial charge in [0.25, 0.3) is 15.7 Å². The lowest BCUT2D eigenvalue weighted by atomic mass is 10.2. The molecule has 2 atom stereocenters. The summed E-state index contributed by atoms with van der Waals surface area (Å²) in [6.45, 7) is 9.07. The minimum absolute atomic E-state index is 0.199. The molecule has 0 bridgehead atoms. The zero-order valence-corrected chi connectivity index (χ0v) is 26.5. The fourth-order valence-electron chi connectivity index (χ4n) is 5.34. The van der Waals surface area contributed by atoms with Crippen LogP contribution in [0.4, 0.5) is 0 Å². The number of halogens is 1. The Hall–Kier alpha value is -2.46. The monoisotopic (exact) mass is 590 g/mol. The summed E-state index contributed by atoms with van der Waals surface area (Å²) in [7, 11) is -6.32. The summed E-state index contributed by atoms with van der Waals surface area (Å²) in [6.07, 6.45) is 1.02. The van der Waals surface area contributed by atoms with Crippen molar-refractivity contribution in [3.8, 4) is 0 Å². The van der Waals surface area contributed by atoms with Crippen molar-refractivity contribution in [2.45, 2.75) is 57.1 Å². The molecule has 4 aromatic carbocycles. The number of hydrogen-bond acceptors (Lipinski definition) is 3. The van der Waals surface area contributed by atoms with Crippen molar-refractivity contribution in [1.29, 1.82) is 0 Å². The van der Waals surface area contributed by atoms with Gasteiger partial charge in [-0.15, -0.1) is 11.6 Å². The third-order valence-electron chi connectivity index (χ3n) is 7.32. The van der Waals surface area contributed by atoms with Gasteiger partial charge in [-0.1, -0.05) is 131 Å². The number of hydrogen-bond donors (Lipinski definition) is 0. The Bertz CT molecular complexity index is 1280. The molecule has 0 saturated heterocycles. The van der Waals surface area contributed by atoms with E-state index < -0.39 is 21.8 Å². The van der Waals surface area contributed by atoms with Gasteiger partial charge in [-0.25, -0.2) is 0 Å². The topological polar surface area (TPSA) is 35.5 Å². The van der Waals surface area contributed by atoms with Gasteiger partial charge in [-0.3, -0.25) is 4.57 Å². The van der Waals surface area contributed by atoms with Gasteiger partial charge in [-0.05, 0) is 46.1 Å². The summed E-state index contributed by atoms with van der Waals surface area (Å²) >= 11 is 7.05. The Morgan fingerprint density at radius 3 is 1.50 bits per heavy atom. The zero-order valence-electron chi connectivity index (χ0n) is 23.9. The van der Waals surface area contributed by atoms with Crippen LogP contribution in [0.15, 0.2) is 121 Å². The van der Waals surface area contributed by atoms with E-state index in [1.165, 1.54) is 10.4 Å². The third kappa shape index (κ3) is 6.54. The first-order valence-corrected chi connectivity index (χ1v) is 18.0. The molecule has 4 aromatic rings. The minimum atomic E-state index is -3.47. The first kappa shape index (κ1) is 30.5. The molecular weight excluding hydrogens is 551 g/mol. The van der Waals surface area contributed by atoms with Crippen LogP contribution in [0.25, 0.3) is 0 Å². The minimum Gasteiger partial charge on any atom is -0.405 e. The molecule has 0 fully saturated rings. The van der Waals surface area contributed by atoms with Gasteiger partial charge in [0, 0.05) is 10.6 Å². The second-order valence-electron chi connectivity index (χ2n) is 11.1. The Morgan fingerprint density at radius 1 is 0.725 bits per heavy atom. The van der Waals surface area contributed by atoms with E-state index >= 15 is 0 Å². The second-order valence-corrected chi connectivity index (χ2v) is 18.4. The van der Waals surface area contributed by atoms with E-state index in [0.717, 1.165) is 12.8 Å². The van der Waals surface area contributed by atoms with Crippen molar-refractivity contribution in [2.75, 3.05) is 6.61 Å². The van der Waals surface area contributed by atoms with E-state index in [-0.39, 0.29) is 17.0 Å². The van der Waals surface area contributed by atoms with Crippen LogP contribution in [-0.4, -0.2) is 26.4 Å². The van der Waals surface area contributed by atoms with Gasteiger partial charge in [0.15, 0.2) is 0 Å². The van der Waals surface area contributed by atoms with E-state index in [1.807, 2.05) is 72.8 Å². The maximum absolute atomic E-state index is 14.9. The zero-order chi connectivity index (χ0) is 28.6. The SMILES string of the molecule is CCC[C@@H](Cl)[C@@H](CO[Si](c1ccccc1)(c1ccccc1)C(C)(C)C)OP(=O)(c1ccccc1)c1ccccc1. The molecule has 0 spiro atoms. The average molecular weight is 591 g/mol. The van der Waals surface area contributed by atoms with Crippen LogP contribution in [0.2, 0.25) is 5.04 Å². The van der Waals surface area contributed by atoms with E-state index in [0.29, 0.717) is 10.6 Å². The molecule has 0 aromatic heterocycles. The van der Waals surface area contributed by atoms with Crippen molar-refractivity contribution in [2.24, 2.45) is 0 Å². The van der Waals surface area contributed by atoms with Gasteiger partial charge in [-0.2, -0.15) is 0 Å². The summed E-state index contributed by atoms with van der Waals surface area (Å²) in [5, 5.41) is 3.10. The van der Waals surface area contributed by atoms with Crippen LogP contribution in [0, 0.1) is 0 Å². The third-order valence-corrected chi connectivity index (χ3v) is 15.4. The lowest BCUT2D eigenvalue weighted by Gasteiger charge is -2.44. The Kier molecular flexibility index (Phi) is 10.3. The van der Waals surface area contributed by atoms with E-state index in [9.17, 15) is 4.57 Å². The number of alkyl halides is 1. The van der Waals surface area contributed by atoms with Crippen LogP contribution in [0.5, 0.6) is 0 Å². The molecule has 0 heterocycles. The first-order valence-electron chi connectivity index (χ1n) is 14.0. The number of benzene rings is 4. The molecular formula is C34H40ClO3PSi. The maximum atomic E-state index is 14.9. The normalized spacial score (nSPS) is 14.0. The van der Waals surface area contributed by atoms with Crippen LogP contribution in [-0.2, 0) is 13.5 Å². The molecule has 0 aliphatic heterocycles. The summed E-state index contributed by atoms with van der Waals surface area (Å²) in [4.78, 5) is 0. The van der Waals surface area contributed by atoms with E-state index in [4.69, 9.17) is 20.6 Å². The quantitative estimate of drug-likeness (QED) is 0.0988. The summed E-state index contributed by atoms with van der Waals surface area (Å²) in [5.41, 5.74) is 0. The molecule has 4 rings (SSSR count). The molecule has 0 unspecified atom stereocenters. The fraction of sp³-hybridized carbons (Fsp3) is 0.294. The van der Waals surface area contributed by atoms with Gasteiger partial charge in [0.2, 0.25) is 0 Å². The predicted octanol–water partition coefficient (Wildman–Crippen LogP) is 7.28. The highest BCUT2D eigenvalue weighted by Gasteiger charge is 2.51. The standard InChI is InChI=1S/C34H40ClO3PSi/c1-5-18-32(35)33(38-39(36,28-19-10-6-11-20-28)29-21-12-7-13-22-29)27-37-40(34(2,3)4,30-23-14-8-15-24-30)31-25-16-9-17-26-31/h6-17,19-26,32-33H,5,18,27H2,1-4H3/t32-,33-/m1/s1. The highest BCUT2D eigenvalue weighted by molar-refractivity contribution is 7.74. The molecule has 3 nitrogen and oxygen atoms in total. The predicted molar refractivity (Wildman–Crippen MR) is 173 cm³/mol. The van der Waals surface area contributed by atoms with Gasteiger partial charge in [0.05, 0.1) is 12.0 Å². The Morgan fingerprint density at radius 2 is 1.12 bits per heavy atom. The highest BCUT2D eigenvalue weighted by Crippen LogP contribution is 2.47. The summed E-state index contributed by atoms with van der Waals surface area (Å²) in [6, 6.07) is 40.0. The van der Waals surface area contributed by atoms with E-state index in [1.54, 1.807) is 0 Å². The first-order chi connectivity index (χ1) is 19.2. The van der Waals surface area contributed by atoms with Crippen molar-refractivity contribution < 1.29 is 13.5 Å². The van der Waals surface area contributed by atoms with Crippen molar-refractivity contribution in [3.05, 3.63) is 121 Å². The van der Waals surface area contributed by atoms with E-state index in [2.05, 4.69) is 76.2 Å². The lowest BCUT2D eigenvalue weighted by molar-refractivity contribution is 0.123. The molecule has 0 radical (unpaired) electrons. The van der Waals surface area contributed by atoms with Gasteiger partial charge < -0.3 is 8.95 Å². The molecule has 0 aliphatic carbocycles. The van der Waals surface area contributed by atoms with Crippen molar-refractivity contribution >= 4 is 48.3 Å². The summed E-state index contributed by atoms with van der Waals surface area (Å²) in [5.74, 6) is 0. The molecule has 0 amide bonds. The fourth-order valence-corrected chi connectivity index (χ4v) is 12.6. The second kappa shape index (κ2) is 13.5. The van der Waals surface area contributed by atoms with Gasteiger partial charge in [0.1, 0.15) is 6.10 Å². The highest BCUT2D eigenvalue weighted by atomic mass is 35.5. The maximum Gasteiger partial charge on any atom is 0.261 e. The molecule has 210 valence electrons. The van der Waals surface area contributed by atoms with Crippen molar-refractivity contribution in [3.63, 3.8) is 0 Å². The average Bonchev–Trinajstić information content (AvgIpc) is 2.98. The van der Waals surface area contributed by atoms with Crippen LogP contribution >= 0.6 is 19.0 Å². The molecule has 40 heavy (non-hydrogen) atoms. The Balaban J connectivity index is 1.80. The Labute approximate surface area is 246 Å². The summed E-state index contributed by atoms with van der Waals surface area (Å²) < 4.78 is 28.8. The molecule has 6 heteroatoms. The molecule has 0 N–H and O–H groups in total. The van der Waals surface area contributed by atoms with Crippen LogP contribution in [0.1, 0.15) is 40.5 Å². The molecule has 0 saturated carbocycles. The van der Waals surface area contributed by atoms with Crippen LogP contribution < -0.4 is 21.0 Å². The number of rotatable bonds is 12. The molecule has 0 aliphatic rings. The van der Waals surface area contributed by atoms with Gasteiger partial charge >= 0.3 is 0 Å². The smallest absolute Gasteiger partial charge is 0.261 e.